The van der Waals surface area contributed by atoms with Gasteiger partial charge >= 0.3 is 0 Å². The lowest BCUT2D eigenvalue weighted by Crippen LogP contribution is -2.12. The van der Waals surface area contributed by atoms with E-state index >= 15 is 0 Å². The van der Waals surface area contributed by atoms with Crippen LogP contribution in [0, 0.1) is 0 Å². The van der Waals surface area contributed by atoms with Gasteiger partial charge in [0, 0.05) is 50.7 Å². The topological polar surface area (TPSA) is 51.9 Å². The molecule has 5 aromatic carbocycles. The zero-order valence-electron chi connectivity index (χ0n) is 22.7. The molecule has 7 aromatic rings. The van der Waals surface area contributed by atoms with E-state index in [2.05, 4.69) is 83.5 Å². The molecule has 5 heteroatoms. The number of hydrogen-bond acceptors (Lipinski definition) is 2. The van der Waals surface area contributed by atoms with Crippen molar-refractivity contribution in [3.8, 4) is 28.2 Å². The third kappa shape index (κ3) is 4.47. The molecule has 0 aliphatic rings. The molecule has 0 radical (unpaired) electrons. The van der Waals surface area contributed by atoms with Crippen LogP contribution in [0.4, 0.5) is 5.69 Å². The lowest BCUT2D eigenvalue weighted by Gasteiger charge is -2.10. The number of anilines is 1. The lowest BCUT2D eigenvalue weighted by atomic mass is 10.1. The first-order valence-electron chi connectivity index (χ1n) is 13.8. The molecule has 0 unspecified atom stereocenters. The average Bonchev–Trinajstić information content (AvgIpc) is 3.62. The number of amides is 1. The Labute approximate surface area is 238 Å². The first-order valence-corrected chi connectivity index (χ1v) is 13.8. The average molecular weight is 533 g/mol. The number of hydrogen-bond donors (Lipinski definition) is 1. The molecule has 1 N–H and O–H groups in total. The van der Waals surface area contributed by atoms with Crippen LogP contribution in [-0.2, 0) is 6.54 Å². The molecular formula is C36H28N4O. The van der Waals surface area contributed by atoms with Gasteiger partial charge in [0.15, 0.2) is 0 Å². The molecule has 0 bridgehead atoms. The summed E-state index contributed by atoms with van der Waals surface area (Å²) in [5, 5.41) is 10.4. The quantitative estimate of drug-likeness (QED) is 0.233. The molecule has 2 aromatic heterocycles. The molecular weight excluding hydrogens is 504 g/mol. The van der Waals surface area contributed by atoms with Gasteiger partial charge in [0.05, 0.1) is 17.1 Å². The number of nitrogens with one attached hydrogen (secondary N) is 1. The molecule has 0 saturated heterocycles. The highest BCUT2D eigenvalue weighted by Crippen LogP contribution is 2.32. The van der Waals surface area contributed by atoms with Crippen molar-refractivity contribution in [3.05, 3.63) is 139 Å². The minimum Gasteiger partial charge on any atom is -0.341 e. The molecule has 1 amide bonds. The Morgan fingerprint density at radius 2 is 1.34 bits per heavy atom. The molecule has 0 aliphatic heterocycles. The fourth-order valence-electron chi connectivity index (χ4n) is 5.57. The summed E-state index contributed by atoms with van der Waals surface area (Å²) in [4.78, 5) is 13.3. The van der Waals surface area contributed by atoms with Crippen LogP contribution in [0.25, 0.3) is 50.0 Å². The first kappa shape index (κ1) is 24.6. The van der Waals surface area contributed by atoms with Crippen molar-refractivity contribution in [2.45, 2.75) is 13.5 Å². The van der Waals surface area contributed by atoms with Crippen LogP contribution in [0.3, 0.4) is 0 Å². The van der Waals surface area contributed by atoms with E-state index in [1.54, 1.807) is 0 Å². The summed E-state index contributed by atoms with van der Waals surface area (Å²) in [5.41, 5.74) is 8.62. The van der Waals surface area contributed by atoms with Crippen LogP contribution in [0.1, 0.15) is 17.3 Å². The van der Waals surface area contributed by atoms with Crippen LogP contribution in [-0.4, -0.2) is 20.3 Å². The number of benzene rings is 5. The Hall–Kier alpha value is -5.42. The highest BCUT2D eigenvalue weighted by Gasteiger charge is 2.15. The van der Waals surface area contributed by atoms with E-state index in [0.717, 1.165) is 45.8 Å². The molecule has 0 aliphatic carbocycles. The number of nitrogens with zero attached hydrogens (tertiary/aromatic N) is 3. The van der Waals surface area contributed by atoms with Gasteiger partial charge in [-0.2, -0.15) is 5.10 Å². The van der Waals surface area contributed by atoms with E-state index in [9.17, 15) is 4.79 Å². The maximum absolute atomic E-state index is 13.3. The second-order valence-corrected chi connectivity index (χ2v) is 10.1. The molecule has 41 heavy (non-hydrogen) atoms. The van der Waals surface area contributed by atoms with Crippen LogP contribution in [0.5, 0.6) is 0 Å². The number of carbonyl (C=O) groups excluding carboxylic acids is 1. The SMILES string of the molecule is CCn1c2ccccc2c2cc(NC(=O)c3ccc(-n4nc(-c5ccccc5)cc4-c4ccccc4)cc3)ccc21. The third-order valence-electron chi connectivity index (χ3n) is 7.57. The summed E-state index contributed by atoms with van der Waals surface area (Å²) in [7, 11) is 0. The standard InChI is InChI=1S/C36H28N4O/c1-2-39-33-16-10-9-15-30(33)31-23-28(19-22-34(31)39)37-36(41)27-17-20-29(21-18-27)40-35(26-13-7-4-8-14-26)24-32(38-40)25-11-5-3-6-12-25/h3-24H,2H2,1H3,(H,37,41). The van der Waals surface area contributed by atoms with Crippen molar-refractivity contribution in [2.75, 3.05) is 5.32 Å². The van der Waals surface area contributed by atoms with Crippen molar-refractivity contribution in [1.82, 2.24) is 14.3 Å². The monoisotopic (exact) mass is 532 g/mol. The van der Waals surface area contributed by atoms with E-state index in [1.807, 2.05) is 71.4 Å². The maximum atomic E-state index is 13.3. The van der Waals surface area contributed by atoms with Gasteiger partial charge in [0.25, 0.3) is 5.91 Å². The molecule has 0 fully saturated rings. The zero-order valence-corrected chi connectivity index (χ0v) is 22.7. The fraction of sp³-hybridized carbons (Fsp3) is 0.0556. The smallest absolute Gasteiger partial charge is 0.255 e. The van der Waals surface area contributed by atoms with Gasteiger partial charge < -0.3 is 9.88 Å². The second-order valence-electron chi connectivity index (χ2n) is 10.1. The largest absolute Gasteiger partial charge is 0.341 e. The highest BCUT2D eigenvalue weighted by atomic mass is 16.1. The molecule has 198 valence electrons. The molecule has 5 nitrogen and oxygen atoms in total. The normalized spacial score (nSPS) is 11.2. The predicted molar refractivity (Wildman–Crippen MR) is 168 cm³/mol. The van der Waals surface area contributed by atoms with Gasteiger partial charge in [-0.3, -0.25) is 4.79 Å². The lowest BCUT2D eigenvalue weighted by molar-refractivity contribution is 0.102. The van der Waals surface area contributed by atoms with E-state index < -0.39 is 0 Å². The van der Waals surface area contributed by atoms with Gasteiger partial charge in [0.1, 0.15) is 0 Å². The first-order chi connectivity index (χ1) is 20.2. The van der Waals surface area contributed by atoms with Crippen molar-refractivity contribution < 1.29 is 4.79 Å². The number of fused-ring (bicyclic) bond motifs is 3. The van der Waals surface area contributed by atoms with Crippen LogP contribution >= 0.6 is 0 Å². The van der Waals surface area contributed by atoms with Gasteiger partial charge in [-0.1, -0.05) is 78.9 Å². The summed E-state index contributed by atoms with van der Waals surface area (Å²) >= 11 is 0. The summed E-state index contributed by atoms with van der Waals surface area (Å²) in [6.45, 7) is 3.04. The number of para-hydroxylation sites is 1. The fourth-order valence-corrected chi connectivity index (χ4v) is 5.57. The second kappa shape index (κ2) is 10.3. The van der Waals surface area contributed by atoms with E-state index in [-0.39, 0.29) is 5.91 Å². The molecule has 0 saturated carbocycles. The van der Waals surface area contributed by atoms with E-state index in [1.165, 1.54) is 16.4 Å². The Balaban J connectivity index is 1.19. The predicted octanol–water partition coefficient (Wildman–Crippen LogP) is 8.59. The number of aromatic nitrogens is 3. The summed E-state index contributed by atoms with van der Waals surface area (Å²) in [6, 6.07) is 44.6. The van der Waals surface area contributed by atoms with Crippen molar-refractivity contribution >= 4 is 33.4 Å². The molecule has 7 rings (SSSR count). The van der Waals surface area contributed by atoms with Gasteiger partial charge in [0.2, 0.25) is 0 Å². The zero-order chi connectivity index (χ0) is 27.8. The van der Waals surface area contributed by atoms with Gasteiger partial charge in [-0.05, 0) is 61.5 Å². The Morgan fingerprint density at radius 1 is 0.683 bits per heavy atom. The number of aryl methyl sites for hydroxylation is 1. The van der Waals surface area contributed by atoms with Crippen molar-refractivity contribution in [2.24, 2.45) is 0 Å². The Morgan fingerprint density at radius 3 is 2.07 bits per heavy atom. The number of carbonyl (C=O) groups is 1. The minimum absolute atomic E-state index is 0.149. The van der Waals surface area contributed by atoms with Crippen molar-refractivity contribution in [1.29, 1.82) is 0 Å². The van der Waals surface area contributed by atoms with Gasteiger partial charge in [-0.15, -0.1) is 0 Å². The summed E-state index contributed by atoms with van der Waals surface area (Å²) in [5.74, 6) is -0.149. The Kier molecular flexibility index (Phi) is 6.17. The summed E-state index contributed by atoms with van der Waals surface area (Å²) < 4.78 is 4.24. The Bertz CT molecular complexity index is 2000. The van der Waals surface area contributed by atoms with Gasteiger partial charge in [-0.25, -0.2) is 4.68 Å². The van der Waals surface area contributed by atoms with Crippen molar-refractivity contribution in [3.63, 3.8) is 0 Å². The molecule has 2 heterocycles. The number of rotatable bonds is 6. The van der Waals surface area contributed by atoms with E-state index in [4.69, 9.17) is 5.10 Å². The molecule has 0 spiro atoms. The highest BCUT2D eigenvalue weighted by molar-refractivity contribution is 6.11. The minimum atomic E-state index is -0.149. The van der Waals surface area contributed by atoms with E-state index in [0.29, 0.717) is 5.56 Å². The summed E-state index contributed by atoms with van der Waals surface area (Å²) in [6.07, 6.45) is 0. The van der Waals surface area contributed by atoms with Crippen LogP contribution < -0.4 is 5.32 Å². The third-order valence-corrected chi connectivity index (χ3v) is 7.57. The van der Waals surface area contributed by atoms with Crippen LogP contribution in [0.2, 0.25) is 0 Å². The molecule has 0 atom stereocenters. The van der Waals surface area contributed by atoms with Crippen LogP contribution in [0.15, 0.2) is 133 Å². The maximum Gasteiger partial charge on any atom is 0.255 e.